The third kappa shape index (κ3) is 5.63. The number of hydrogen-bond acceptors (Lipinski definition) is 4. The van der Waals surface area contributed by atoms with E-state index in [-0.39, 0.29) is 12.8 Å². The van der Waals surface area contributed by atoms with Crippen LogP contribution in [0.4, 0.5) is 0 Å². The first-order valence-electron chi connectivity index (χ1n) is 4.41. The van der Waals surface area contributed by atoms with E-state index in [9.17, 15) is 14.4 Å². The Morgan fingerprint density at radius 3 is 2.33 bits per heavy atom. The monoisotopic (exact) mass is 217 g/mol. The van der Waals surface area contributed by atoms with E-state index < -0.39 is 29.9 Å². The Kier molecular flexibility index (Phi) is 5.32. The average molecular weight is 217 g/mol. The molecule has 0 heterocycles. The molecule has 0 aromatic heterocycles. The maximum absolute atomic E-state index is 11.1. The van der Waals surface area contributed by atoms with E-state index >= 15 is 0 Å². The van der Waals surface area contributed by atoms with E-state index in [0.29, 0.717) is 0 Å². The average Bonchev–Trinajstić information content (AvgIpc) is 2.13. The summed E-state index contributed by atoms with van der Waals surface area (Å²) in [7, 11) is 0. The number of carboxylic acid groups (broad SMARTS) is 1. The lowest BCUT2D eigenvalue weighted by Crippen LogP contribution is -2.42. The van der Waals surface area contributed by atoms with Gasteiger partial charge >= 0.3 is 5.97 Å². The first kappa shape index (κ1) is 13.4. The third-order valence-corrected chi connectivity index (χ3v) is 1.80. The minimum absolute atomic E-state index is 0.0205. The molecule has 0 fully saturated rings. The fraction of sp³-hybridized carbons (Fsp3) is 0.625. The molecule has 0 bridgehead atoms. The minimum Gasteiger partial charge on any atom is -0.480 e. The lowest BCUT2D eigenvalue weighted by atomic mass is 10.1. The second-order valence-electron chi connectivity index (χ2n) is 3.17. The summed E-state index contributed by atoms with van der Waals surface area (Å²) < 4.78 is 0. The van der Waals surface area contributed by atoms with Crippen LogP contribution in [0.3, 0.4) is 0 Å². The summed E-state index contributed by atoms with van der Waals surface area (Å²) in [5.41, 5.74) is 10.1. The van der Waals surface area contributed by atoms with Crippen molar-refractivity contribution in [3.63, 3.8) is 0 Å². The number of carbonyl (C=O) groups is 3. The topological polar surface area (TPSA) is 136 Å². The number of rotatable bonds is 6. The fourth-order valence-electron chi connectivity index (χ4n) is 0.795. The van der Waals surface area contributed by atoms with Crippen molar-refractivity contribution in [2.24, 2.45) is 11.5 Å². The van der Waals surface area contributed by atoms with Crippen molar-refractivity contribution in [3.8, 4) is 0 Å². The summed E-state index contributed by atoms with van der Waals surface area (Å²) in [4.78, 5) is 32.0. The molecule has 6 N–H and O–H groups in total. The van der Waals surface area contributed by atoms with Crippen LogP contribution in [0, 0.1) is 0 Å². The predicted octanol–water partition coefficient (Wildman–Crippen LogP) is -1.83. The van der Waals surface area contributed by atoms with E-state index in [1.165, 1.54) is 6.92 Å². The van der Waals surface area contributed by atoms with Gasteiger partial charge in [0.25, 0.3) is 0 Å². The van der Waals surface area contributed by atoms with Crippen molar-refractivity contribution in [2.45, 2.75) is 31.8 Å². The molecule has 0 aromatic carbocycles. The smallest absolute Gasteiger partial charge is 0.320 e. The summed E-state index contributed by atoms with van der Waals surface area (Å²) in [6, 6.07) is -1.84. The van der Waals surface area contributed by atoms with Gasteiger partial charge in [0.1, 0.15) is 12.1 Å². The molecule has 0 aliphatic rings. The zero-order chi connectivity index (χ0) is 12.0. The molecule has 86 valence electrons. The van der Waals surface area contributed by atoms with Crippen LogP contribution in [0.2, 0.25) is 0 Å². The van der Waals surface area contributed by atoms with Gasteiger partial charge in [0, 0.05) is 6.42 Å². The molecule has 2 atom stereocenters. The van der Waals surface area contributed by atoms with Crippen LogP contribution < -0.4 is 16.8 Å². The van der Waals surface area contributed by atoms with Gasteiger partial charge in [-0.05, 0) is 13.3 Å². The lowest BCUT2D eigenvalue weighted by molar-refractivity contribution is -0.138. The maximum atomic E-state index is 11.1. The van der Waals surface area contributed by atoms with Crippen molar-refractivity contribution in [3.05, 3.63) is 0 Å². The highest BCUT2D eigenvalue weighted by Crippen LogP contribution is 1.95. The van der Waals surface area contributed by atoms with Crippen LogP contribution in [-0.4, -0.2) is 35.0 Å². The predicted molar refractivity (Wildman–Crippen MR) is 51.6 cm³/mol. The molecule has 0 rings (SSSR count). The van der Waals surface area contributed by atoms with Gasteiger partial charge < -0.3 is 21.9 Å². The van der Waals surface area contributed by atoms with E-state index in [1.807, 2.05) is 0 Å². The number of aliphatic carboxylic acids is 1. The van der Waals surface area contributed by atoms with Crippen LogP contribution >= 0.6 is 0 Å². The zero-order valence-corrected chi connectivity index (χ0v) is 8.40. The summed E-state index contributed by atoms with van der Waals surface area (Å²) >= 11 is 0. The van der Waals surface area contributed by atoms with Crippen LogP contribution in [0.5, 0.6) is 0 Å². The molecule has 2 unspecified atom stereocenters. The van der Waals surface area contributed by atoms with Gasteiger partial charge in [-0.1, -0.05) is 0 Å². The molecule has 0 spiro atoms. The molecular formula is C8H15N3O4. The molecule has 0 aliphatic heterocycles. The van der Waals surface area contributed by atoms with E-state index in [2.05, 4.69) is 5.32 Å². The number of nitrogens with one attached hydrogen (secondary N) is 1. The van der Waals surface area contributed by atoms with E-state index in [1.54, 1.807) is 0 Å². The normalized spacial score (nSPS) is 14.0. The van der Waals surface area contributed by atoms with Gasteiger partial charge in [-0.25, -0.2) is 0 Å². The second-order valence-corrected chi connectivity index (χ2v) is 3.17. The summed E-state index contributed by atoms with van der Waals surface area (Å²) in [6.45, 7) is 1.44. The van der Waals surface area contributed by atoms with Crippen molar-refractivity contribution in [1.82, 2.24) is 5.32 Å². The molecule has 0 saturated heterocycles. The number of carbonyl (C=O) groups excluding carboxylic acids is 2. The Bertz CT molecular complexity index is 267. The Hall–Kier alpha value is -1.63. The largest absolute Gasteiger partial charge is 0.480 e. The van der Waals surface area contributed by atoms with Crippen LogP contribution in [-0.2, 0) is 14.4 Å². The highest BCUT2D eigenvalue weighted by atomic mass is 16.4. The molecule has 0 aromatic rings. The van der Waals surface area contributed by atoms with Crippen molar-refractivity contribution in [2.75, 3.05) is 0 Å². The van der Waals surface area contributed by atoms with E-state index in [4.69, 9.17) is 16.6 Å². The van der Waals surface area contributed by atoms with Crippen LogP contribution in [0.1, 0.15) is 19.8 Å². The van der Waals surface area contributed by atoms with E-state index in [0.717, 1.165) is 0 Å². The quantitative estimate of drug-likeness (QED) is 0.415. The van der Waals surface area contributed by atoms with Crippen molar-refractivity contribution in [1.29, 1.82) is 0 Å². The molecule has 0 aliphatic carbocycles. The Balaban J connectivity index is 3.85. The number of carboxylic acids is 1. The summed E-state index contributed by atoms with van der Waals surface area (Å²) in [5, 5.41) is 10.7. The summed E-state index contributed by atoms with van der Waals surface area (Å²) in [5.74, 6) is -2.25. The molecule has 15 heavy (non-hydrogen) atoms. The SMILES string of the molecule is CC(NC(=O)CCC(N)C(=O)O)C(N)=O. The first-order chi connectivity index (χ1) is 6.84. The number of amides is 2. The van der Waals surface area contributed by atoms with Gasteiger partial charge in [0.15, 0.2) is 0 Å². The molecule has 2 amide bonds. The van der Waals surface area contributed by atoms with Crippen molar-refractivity contribution >= 4 is 17.8 Å². The Morgan fingerprint density at radius 1 is 1.40 bits per heavy atom. The molecule has 7 nitrogen and oxygen atoms in total. The lowest BCUT2D eigenvalue weighted by Gasteiger charge is -2.10. The molecular weight excluding hydrogens is 202 g/mol. The number of nitrogens with two attached hydrogens (primary N) is 2. The van der Waals surface area contributed by atoms with Crippen molar-refractivity contribution < 1.29 is 19.5 Å². The Morgan fingerprint density at radius 2 is 1.93 bits per heavy atom. The minimum atomic E-state index is -1.16. The van der Waals surface area contributed by atoms with Crippen LogP contribution in [0.15, 0.2) is 0 Å². The van der Waals surface area contributed by atoms with Gasteiger partial charge in [0.2, 0.25) is 11.8 Å². The highest BCUT2D eigenvalue weighted by molar-refractivity contribution is 5.86. The Labute approximate surface area is 86.8 Å². The fourth-order valence-corrected chi connectivity index (χ4v) is 0.795. The third-order valence-electron chi connectivity index (χ3n) is 1.80. The first-order valence-corrected chi connectivity index (χ1v) is 4.41. The number of hydrogen-bond donors (Lipinski definition) is 4. The van der Waals surface area contributed by atoms with Crippen LogP contribution in [0.25, 0.3) is 0 Å². The maximum Gasteiger partial charge on any atom is 0.320 e. The van der Waals surface area contributed by atoms with Gasteiger partial charge in [0.05, 0.1) is 0 Å². The highest BCUT2D eigenvalue weighted by Gasteiger charge is 2.16. The number of primary amides is 1. The second kappa shape index (κ2) is 5.97. The molecule has 0 saturated carbocycles. The van der Waals surface area contributed by atoms with Gasteiger partial charge in [-0.15, -0.1) is 0 Å². The molecule has 7 heteroatoms. The van der Waals surface area contributed by atoms with Gasteiger partial charge in [-0.3, -0.25) is 14.4 Å². The molecule has 0 radical (unpaired) electrons. The van der Waals surface area contributed by atoms with Gasteiger partial charge in [-0.2, -0.15) is 0 Å². The standard InChI is InChI=1S/C8H15N3O4/c1-4(7(10)13)11-6(12)3-2-5(9)8(14)15/h4-5H,2-3,9H2,1H3,(H2,10,13)(H,11,12)(H,14,15). The zero-order valence-electron chi connectivity index (χ0n) is 8.40. The summed E-state index contributed by atoms with van der Waals surface area (Å²) in [6.07, 6.45) is -0.0300.